The number of hydrogen-bond acceptors (Lipinski definition) is 2. The van der Waals surface area contributed by atoms with Gasteiger partial charge < -0.3 is 10.2 Å². The average Bonchev–Trinajstić information content (AvgIpc) is 2.15. The Hall–Kier alpha value is -1.35. The van der Waals surface area contributed by atoms with E-state index in [1.54, 1.807) is 0 Å². The molecule has 0 saturated carbocycles. The summed E-state index contributed by atoms with van der Waals surface area (Å²) in [6.45, 7) is 0.000904. The van der Waals surface area contributed by atoms with Crippen LogP contribution in [0, 0.1) is 0 Å². The van der Waals surface area contributed by atoms with E-state index in [0.29, 0.717) is 6.42 Å². The highest BCUT2D eigenvalue weighted by Gasteiger charge is 1.99. The van der Waals surface area contributed by atoms with E-state index in [0.717, 1.165) is 11.1 Å². The molecular weight excluding hydrogens is 168 g/mol. The van der Waals surface area contributed by atoms with Crippen LogP contribution >= 0.6 is 0 Å². The Bertz CT molecular complexity index is 294. The molecule has 0 unspecified atom stereocenters. The monoisotopic (exact) mass is 180 g/mol. The lowest BCUT2D eigenvalue weighted by Gasteiger charge is -2.00. The Labute approximate surface area is 76.6 Å². The third-order valence-corrected chi connectivity index (χ3v) is 1.80. The topological polar surface area (TPSA) is 57.5 Å². The molecule has 0 heterocycles. The van der Waals surface area contributed by atoms with E-state index < -0.39 is 5.97 Å². The number of rotatable bonds is 4. The van der Waals surface area contributed by atoms with Gasteiger partial charge in [-0.25, -0.2) is 0 Å². The fraction of sp³-hybridized carbons (Fsp3) is 0.300. The predicted octanol–water partition coefficient (Wildman–Crippen LogP) is 1.20. The van der Waals surface area contributed by atoms with E-state index >= 15 is 0 Å². The van der Waals surface area contributed by atoms with Gasteiger partial charge in [0.2, 0.25) is 0 Å². The van der Waals surface area contributed by atoms with Crippen molar-refractivity contribution in [3.05, 3.63) is 35.4 Å². The van der Waals surface area contributed by atoms with Crippen LogP contribution < -0.4 is 0 Å². The third kappa shape index (κ3) is 3.25. The van der Waals surface area contributed by atoms with Crippen molar-refractivity contribution in [3.63, 3.8) is 0 Å². The molecule has 13 heavy (non-hydrogen) atoms. The number of carboxylic acid groups (broad SMARTS) is 1. The average molecular weight is 180 g/mol. The number of hydrogen-bond donors (Lipinski definition) is 2. The van der Waals surface area contributed by atoms with Gasteiger partial charge in [-0.2, -0.15) is 0 Å². The van der Waals surface area contributed by atoms with Crippen LogP contribution in [-0.2, 0) is 17.8 Å². The van der Waals surface area contributed by atoms with Gasteiger partial charge in [0.05, 0.1) is 6.61 Å². The van der Waals surface area contributed by atoms with E-state index in [1.807, 2.05) is 24.3 Å². The summed E-state index contributed by atoms with van der Waals surface area (Å²) in [7, 11) is 0. The van der Waals surface area contributed by atoms with Gasteiger partial charge in [-0.15, -0.1) is 0 Å². The summed E-state index contributed by atoms with van der Waals surface area (Å²) in [6, 6.07) is 7.32. The normalized spacial score (nSPS) is 9.92. The van der Waals surface area contributed by atoms with Gasteiger partial charge in [-0.1, -0.05) is 24.3 Å². The smallest absolute Gasteiger partial charge is 0.303 e. The molecule has 0 aliphatic heterocycles. The molecule has 0 spiro atoms. The van der Waals surface area contributed by atoms with Crippen LogP contribution in [0.1, 0.15) is 17.5 Å². The highest BCUT2D eigenvalue weighted by molar-refractivity contribution is 5.67. The minimum Gasteiger partial charge on any atom is -0.481 e. The van der Waals surface area contributed by atoms with Crippen LogP contribution in [0.3, 0.4) is 0 Å². The lowest BCUT2D eigenvalue weighted by molar-refractivity contribution is -0.136. The number of carbonyl (C=O) groups is 1. The first-order valence-corrected chi connectivity index (χ1v) is 4.13. The molecule has 0 aliphatic rings. The van der Waals surface area contributed by atoms with Crippen molar-refractivity contribution in [2.45, 2.75) is 19.4 Å². The Morgan fingerprint density at radius 1 is 1.31 bits per heavy atom. The summed E-state index contributed by atoms with van der Waals surface area (Å²) in [5.74, 6) is -0.797. The number of carboxylic acids is 1. The van der Waals surface area contributed by atoms with Crippen molar-refractivity contribution in [1.82, 2.24) is 0 Å². The van der Waals surface area contributed by atoms with E-state index in [4.69, 9.17) is 10.2 Å². The van der Waals surface area contributed by atoms with Crippen molar-refractivity contribution in [2.24, 2.45) is 0 Å². The quantitative estimate of drug-likeness (QED) is 0.731. The first kappa shape index (κ1) is 9.74. The van der Waals surface area contributed by atoms with Crippen LogP contribution in [0.15, 0.2) is 24.3 Å². The Morgan fingerprint density at radius 2 is 2.00 bits per heavy atom. The fourth-order valence-corrected chi connectivity index (χ4v) is 1.13. The minimum atomic E-state index is -0.797. The van der Waals surface area contributed by atoms with Crippen molar-refractivity contribution < 1.29 is 15.0 Å². The Morgan fingerprint density at radius 3 is 2.62 bits per heavy atom. The molecule has 0 fully saturated rings. The van der Waals surface area contributed by atoms with Crippen molar-refractivity contribution in [1.29, 1.82) is 0 Å². The summed E-state index contributed by atoms with van der Waals surface area (Å²) in [5.41, 5.74) is 1.77. The summed E-state index contributed by atoms with van der Waals surface area (Å²) >= 11 is 0. The molecule has 0 radical (unpaired) electrons. The molecular formula is C10H12O3. The second-order valence-corrected chi connectivity index (χ2v) is 2.87. The molecule has 0 amide bonds. The van der Waals surface area contributed by atoms with Gasteiger partial charge in [0.15, 0.2) is 0 Å². The maximum atomic E-state index is 10.3. The van der Waals surface area contributed by atoms with Crippen LogP contribution in [-0.4, -0.2) is 16.2 Å². The van der Waals surface area contributed by atoms with Gasteiger partial charge in [-0.05, 0) is 17.5 Å². The molecule has 2 N–H and O–H groups in total. The summed E-state index contributed by atoms with van der Waals surface area (Å²) < 4.78 is 0. The van der Waals surface area contributed by atoms with E-state index in [2.05, 4.69) is 0 Å². The lowest BCUT2D eigenvalue weighted by Crippen LogP contribution is -1.97. The van der Waals surface area contributed by atoms with Crippen molar-refractivity contribution in [2.75, 3.05) is 0 Å². The molecule has 1 aromatic rings. The number of aliphatic carboxylic acids is 1. The van der Waals surface area contributed by atoms with Gasteiger partial charge in [-0.3, -0.25) is 4.79 Å². The summed E-state index contributed by atoms with van der Waals surface area (Å²) in [5, 5.41) is 17.3. The standard InChI is InChI=1S/C10H12O3/c11-7-9-3-1-2-8(6-9)4-5-10(12)13/h1-3,6,11H,4-5,7H2,(H,12,13). The van der Waals surface area contributed by atoms with Crippen LogP contribution in [0.4, 0.5) is 0 Å². The molecule has 0 aliphatic carbocycles. The van der Waals surface area contributed by atoms with Crippen LogP contribution in [0.25, 0.3) is 0 Å². The highest BCUT2D eigenvalue weighted by Crippen LogP contribution is 2.07. The number of benzene rings is 1. The van der Waals surface area contributed by atoms with Crippen molar-refractivity contribution >= 4 is 5.97 Å². The zero-order valence-corrected chi connectivity index (χ0v) is 7.23. The third-order valence-electron chi connectivity index (χ3n) is 1.80. The molecule has 3 heteroatoms. The number of aliphatic hydroxyl groups excluding tert-OH is 1. The van der Waals surface area contributed by atoms with E-state index in [1.165, 1.54) is 0 Å². The SMILES string of the molecule is O=C(O)CCc1cccc(CO)c1. The summed E-state index contributed by atoms with van der Waals surface area (Å²) in [6.07, 6.45) is 0.651. The van der Waals surface area contributed by atoms with Gasteiger partial charge in [0.1, 0.15) is 0 Å². The Balaban J connectivity index is 2.61. The van der Waals surface area contributed by atoms with Gasteiger partial charge in [0.25, 0.3) is 0 Å². The molecule has 70 valence electrons. The molecule has 1 rings (SSSR count). The molecule has 0 bridgehead atoms. The molecule has 0 aromatic heterocycles. The van der Waals surface area contributed by atoms with Gasteiger partial charge >= 0.3 is 5.97 Å². The Kier molecular flexibility index (Phi) is 3.46. The molecule has 3 nitrogen and oxygen atoms in total. The fourth-order valence-electron chi connectivity index (χ4n) is 1.13. The number of aryl methyl sites for hydroxylation is 1. The minimum absolute atomic E-state index is 0.000904. The largest absolute Gasteiger partial charge is 0.481 e. The van der Waals surface area contributed by atoms with E-state index in [9.17, 15) is 4.79 Å². The molecule has 0 saturated heterocycles. The maximum absolute atomic E-state index is 10.3. The predicted molar refractivity (Wildman–Crippen MR) is 48.3 cm³/mol. The first-order chi connectivity index (χ1) is 6.22. The van der Waals surface area contributed by atoms with E-state index in [-0.39, 0.29) is 13.0 Å². The molecule has 1 aromatic carbocycles. The van der Waals surface area contributed by atoms with Gasteiger partial charge in [0, 0.05) is 6.42 Å². The first-order valence-electron chi connectivity index (χ1n) is 4.13. The zero-order chi connectivity index (χ0) is 9.68. The summed E-state index contributed by atoms with van der Waals surface area (Å²) in [4.78, 5) is 10.3. The zero-order valence-electron chi connectivity index (χ0n) is 7.23. The lowest BCUT2D eigenvalue weighted by atomic mass is 10.1. The van der Waals surface area contributed by atoms with Crippen LogP contribution in [0.5, 0.6) is 0 Å². The molecule has 0 atom stereocenters. The maximum Gasteiger partial charge on any atom is 0.303 e. The second-order valence-electron chi connectivity index (χ2n) is 2.87. The number of aliphatic hydroxyl groups is 1. The van der Waals surface area contributed by atoms with Crippen LogP contribution in [0.2, 0.25) is 0 Å². The van der Waals surface area contributed by atoms with Crippen molar-refractivity contribution in [3.8, 4) is 0 Å². The highest BCUT2D eigenvalue weighted by atomic mass is 16.4. The second kappa shape index (κ2) is 4.62.